The van der Waals surface area contributed by atoms with Gasteiger partial charge in [0.25, 0.3) is 0 Å². The van der Waals surface area contributed by atoms with Gasteiger partial charge in [0.15, 0.2) is 12.2 Å². The Morgan fingerprint density at radius 1 is 0.280 bits per heavy atom. The molecule has 0 amide bonds. The fourth-order valence-corrected chi connectivity index (χ4v) is 13.4. The van der Waals surface area contributed by atoms with Crippen LogP contribution in [0.15, 0.2) is 36.5 Å². The van der Waals surface area contributed by atoms with E-state index in [0.717, 1.165) is 128 Å². The van der Waals surface area contributed by atoms with Crippen molar-refractivity contribution < 1.29 is 80.2 Å². The Bertz CT molecular complexity index is 2040. The van der Waals surface area contributed by atoms with E-state index in [2.05, 4.69) is 64.2 Å². The Hall–Kier alpha value is -2.72. The topological polar surface area (TPSA) is 237 Å². The van der Waals surface area contributed by atoms with Gasteiger partial charge >= 0.3 is 39.5 Å². The van der Waals surface area contributed by atoms with Crippen LogP contribution in [-0.4, -0.2) is 96.7 Å². The summed E-state index contributed by atoms with van der Waals surface area (Å²) >= 11 is 0. The first-order valence-corrected chi connectivity index (χ1v) is 44.2. The summed E-state index contributed by atoms with van der Waals surface area (Å²) in [4.78, 5) is 73.0. The molecule has 0 radical (unpaired) electrons. The summed E-state index contributed by atoms with van der Waals surface area (Å²) < 4.78 is 68.7. The van der Waals surface area contributed by atoms with E-state index >= 15 is 0 Å². The van der Waals surface area contributed by atoms with E-state index in [1.54, 1.807) is 0 Å². The number of hydrogen-bond donors (Lipinski definition) is 3. The molecule has 2 unspecified atom stereocenters. The van der Waals surface area contributed by atoms with Crippen LogP contribution in [0.25, 0.3) is 0 Å². The number of ether oxygens (including phenoxy) is 4. The van der Waals surface area contributed by atoms with Gasteiger partial charge in [-0.2, -0.15) is 0 Å². The van der Waals surface area contributed by atoms with E-state index in [4.69, 9.17) is 37.0 Å². The molecule has 5 atom stereocenters. The quantitative estimate of drug-likeness (QED) is 0.0169. The molecule has 0 aliphatic heterocycles. The van der Waals surface area contributed by atoms with Crippen LogP contribution in [0.1, 0.15) is 400 Å². The molecule has 0 aromatic carbocycles. The maximum atomic E-state index is 13.1. The van der Waals surface area contributed by atoms with E-state index in [9.17, 15) is 43.2 Å². The molecule has 0 spiro atoms. The highest BCUT2D eigenvalue weighted by atomic mass is 31.2. The summed E-state index contributed by atoms with van der Waals surface area (Å²) in [6.07, 6.45) is 71.1. The predicted molar refractivity (Wildman–Crippen MR) is 409 cm³/mol. The van der Waals surface area contributed by atoms with Crippen molar-refractivity contribution in [3.63, 3.8) is 0 Å². The number of phosphoric acid groups is 2. The minimum Gasteiger partial charge on any atom is -0.462 e. The van der Waals surface area contributed by atoms with Crippen molar-refractivity contribution in [1.29, 1.82) is 0 Å². The predicted octanol–water partition coefficient (Wildman–Crippen LogP) is 23.9. The van der Waals surface area contributed by atoms with Gasteiger partial charge in [0.1, 0.15) is 19.3 Å². The molecule has 3 N–H and O–H groups in total. The monoisotopic (exact) mass is 1460 g/mol. The zero-order valence-corrected chi connectivity index (χ0v) is 66.2. The maximum absolute atomic E-state index is 13.1. The summed E-state index contributed by atoms with van der Waals surface area (Å²) in [7, 11) is -9.94. The zero-order valence-electron chi connectivity index (χ0n) is 64.4. The molecule has 588 valence electrons. The first-order chi connectivity index (χ1) is 48.7. The van der Waals surface area contributed by atoms with Gasteiger partial charge < -0.3 is 33.8 Å². The molecule has 0 aliphatic rings. The maximum Gasteiger partial charge on any atom is 0.472 e. The average molecular weight is 1460 g/mol. The number of allylic oxidation sites excluding steroid dienone is 6. The first-order valence-electron chi connectivity index (χ1n) is 41.2. The normalized spacial score (nSPS) is 14.0. The first kappa shape index (κ1) is 97.3. The van der Waals surface area contributed by atoms with Crippen molar-refractivity contribution in [2.75, 3.05) is 39.6 Å². The Labute approximate surface area is 611 Å². The largest absolute Gasteiger partial charge is 0.472 e. The fourth-order valence-electron chi connectivity index (χ4n) is 11.8. The summed E-state index contributed by atoms with van der Waals surface area (Å²) in [6.45, 7) is 4.93. The molecule has 0 bridgehead atoms. The zero-order chi connectivity index (χ0) is 73.2. The van der Waals surface area contributed by atoms with Gasteiger partial charge in [0.2, 0.25) is 0 Å². The molecular weight excluding hydrogens is 1310 g/mol. The fraction of sp³-hybridized carbons (Fsp3) is 0.877. The Morgan fingerprint density at radius 2 is 0.490 bits per heavy atom. The molecule has 0 rings (SSSR count). The lowest BCUT2D eigenvalue weighted by molar-refractivity contribution is -0.161. The van der Waals surface area contributed by atoms with E-state index in [1.807, 2.05) is 0 Å². The molecule has 17 nitrogen and oxygen atoms in total. The SMILES string of the molecule is CCCCC/C=C\C/C=C\CCCCCCCC(=O)OC[C@H](COP(=O)(O)OC[C@@H](O)COP(=O)(O)OC[C@@H](COC(=O)CCCCCCCCCCCCCCC)OC(=O)CCCCCCC/C=C\CCCCCCCC)OC(=O)CCCCCCCCCCCCCCCCCCC. The number of aliphatic hydroxyl groups is 1. The van der Waals surface area contributed by atoms with Gasteiger partial charge in [-0.1, -0.05) is 327 Å². The molecule has 0 saturated heterocycles. The molecule has 0 aromatic rings. The van der Waals surface area contributed by atoms with E-state index in [1.165, 1.54) is 193 Å². The number of unbranched alkanes of at least 4 members (excludes halogenated alkanes) is 47. The Morgan fingerprint density at radius 3 is 0.770 bits per heavy atom. The highest BCUT2D eigenvalue weighted by Gasteiger charge is 2.30. The van der Waals surface area contributed by atoms with Crippen molar-refractivity contribution >= 4 is 39.5 Å². The smallest absolute Gasteiger partial charge is 0.462 e. The summed E-state index contributed by atoms with van der Waals surface area (Å²) in [5.74, 6) is -2.15. The van der Waals surface area contributed by atoms with E-state index in [-0.39, 0.29) is 25.7 Å². The van der Waals surface area contributed by atoms with Crippen molar-refractivity contribution in [2.45, 2.75) is 418 Å². The molecule has 0 saturated carbocycles. The summed E-state index contributed by atoms with van der Waals surface area (Å²) in [5, 5.41) is 10.6. The van der Waals surface area contributed by atoms with Gasteiger partial charge in [-0.25, -0.2) is 9.13 Å². The average Bonchev–Trinajstić information content (AvgIpc) is 0.933. The lowest BCUT2D eigenvalue weighted by Gasteiger charge is -2.21. The highest BCUT2D eigenvalue weighted by Crippen LogP contribution is 2.45. The van der Waals surface area contributed by atoms with Crippen LogP contribution in [0.4, 0.5) is 0 Å². The van der Waals surface area contributed by atoms with Crippen LogP contribution in [0.2, 0.25) is 0 Å². The third-order valence-electron chi connectivity index (χ3n) is 18.1. The van der Waals surface area contributed by atoms with Gasteiger partial charge in [0, 0.05) is 25.7 Å². The lowest BCUT2D eigenvalue weighted by Crippen LogP contribution is -2.30. The second-order valence-corrected chi connectivity index (χ2v) is 31.0. The number of carbonyl (C=O) groups excluding carboxylic acids is 4. The third kappa shape index (κ3) is 73.6. The van der Waals surface area contributed by atoms with Crippen LogP contribution < -0.4 is 0 Å². The lowest BCUT2D eigenvalue weighted by atomic mass is 10.0. The standard InChI is InChI=1S/C81H152O17P2/c1-5-9-13-17-21-25-29-33-36-37-40-44-48-52-56-60-64-68-81(86)98-77(72-92-79(84)66-62-58-54-50-46-42-38-34-30-26-22-18-14-10-6-2)74-96-100(89,90)94-70-75(82)69-93-99(87,88)95-73-76(71-91-78(83)65-61-57-53-49-45-41-32-28-24-20-16-12-8-4)97-80(85)67-63-59-55-51-47-43-39-35-31-27-23-19-15-11-7-3/h22,26,34-35,38-39,75-77,82H,5-21,23-25,27-33,36-37,40-74H2,1-4H3,(H,87,88)(H,89,90)/b26-22-,38-34-,39-35-/t75-,76+,77+/m0/s1. The minimum absolute atomic E-state index is 0.0928. The van der Waals surface area contributed by atoms with Crippen molar-refractivity contribution in [3.8, 4) is 0 Å². The van der Waals surface area contributed by atoms with Gasteiger partial charge in [0.05, 0.1) is 26.4 Å². The molecular formula is C81H152O17P2. The molecule has 100 heavy (non-hydrogen) atoms. The molecule has 0 heterocycles. The van der Waals surface area contributed by atoms with Crippen LogP contribution in [0, 0.1) is 0 Å². The molecule has 0 aliphatic carbocycles. The van der Waals surface area contributed by atoms with Gasteiger partial charge in [-0.05, 0) is 83.5 Å². The summed E-state index contributed by atoms with van der Waals surface area (Å²) in [5.41, 5.74) is 0. The number of rotatable bonds is 79. The number of esters is 4. The number of carbonyl (C=O) groups is 4. The van der Waals surface area contributed by atoms with Crippen molar-refractivity contribution in [3.05, 3.63) is 36.5 Å². The van der Waals surface area contributed by atoms with Crippen molar-refractivity contribution in [1.82, 2.24) is 0 Å². The van der Waals surface area contributed by atoms with Crippen LogP contribution >= 0.6 is 15.6 Å². The number of aliphatic hydroxyl groups excluding tert-OH is 1. The van der Waals surface area contributed by atoms with E-state index < -0.39 is 97.5 Å². The second kappa shape index (κ2) is 74.5. The van der Waals surface area contributed by atoms with Crippen LogP contribution in [0.3, 0.4) is 0 Å². The minimum atomic E-state index is -4.97. The molecule has 0 aromatic heterocycles. The van der Waals surface area contributed by atoms with Gasteiger partial charge in [-0.15, -0.1) is 0 Å². The Balaban J connectivity index is 5.31. The van der Waals surface area contributed by atoms with E-state index in [0.29, 0.717) is 25.7 Å². The van der Waals surface area contributed by atoms with Crippen molar-refractivity contribution in [2.24, 2.45) is 0 Å². The van der Waals surface area contributed by atoms with Crippen LogP contribution in [0.5, 0.6) is 0 Å². The van der Waals surface area contributed by atoms with Gasteiger partial charge in [-0.3, -0.25) is 37.3 Å². The highest BCUT2D eigenvalue weighted by molar-refractivity contribution is 7.47. The third-order valence-corrected chi connectivity index (χ3v) is 20.0. The Kier molecular flexibility index (Phi) is 72.5. The number of hydrogen-bond acceptors (Lipinski definition) is 15. The summed E-state index contributed by atoms with van der Waals surface area (Å²) in [6, 6.07) is 0. The molecule has 19 heteroatoms. The number of phosphoric ester groups is 2. The second-order valence-electron chi connectivity index (χ2n) is 28.1. The van der Waals surface area contributed by atoms with Crippen LogP contribution in [-0.2, 0) is 65.4 Å². The molecule has 0 fully saturated rings.